The minimum atomic E-state index is -0.986. The zero-order chi connectivity index (χ0) is 22.5. The number of hydrogen-bond acceptors (Lipinski definition) is 4. The second-order valence-corrected chi connectivity index (χ2v) is 8.12. The molecule has 1 aliphatic heterocycles. The van der Waals surface area contributed by atoms with Gasteiger partial charge in [-0.2, -0.15) is 0 Å². The van der Waals surface area contributed by atoms with Crippen molar-refractivity contribution in [3.05, 3.63) is 124 Å². The van der Waals surface area contributed by atoms with Gasteiger partial charge >= 0.3 is 5.63 Å². The van der Waals surface area contributed by atoms with Gasteiger partial charge in [-0.05, 0) is 46.7 Å². The Balaban J connectivity index is 1.54. The van der Waals surface area contributed by atoms with Crippen LogP contribution in [0.3, 0.4) is 0 Å². The number of hydrogen-bond donors (Lipinski definition) is 0. The van der Waals surface area contributed by atoms with E-state index in [4.69, 9.17) is 9.15 Å². The van der Waals surface area contributed by atoms with Gasteiger partial charge in [0, 0.05) is 5.56 Å². The molecule has 5 heteroatoms. The topological polar surface area (TPSA) is 56.5 Å². The first-order chi connectivity index (χ1) is 16.1. The molecule has 4 aromatic carbocycles. The van der Waals surface area contributed by atoms with Gasteiger partial charge in [-0.1, -0.05) is 60.7 Å². The SMILES string of the molecule is O=C(c1ccc2ccccc2c1)[C@H]1Oc2c(c(=O)oc3ccccc23)[C@@H]1c1ccc(F)cc1. The van der Waals surface area contributed by atoms with Crippen LogP contribution in [-0.4, -0.2) is 11.9 Å². The number of halogens is 1. The third kappa shape index (κ3) is 3.12. The summed E-state index contributed by atoms with van der Waals surface area (Å²) in [5.41, 5.74) is 1.19. The highest BCUT2D eigenvalue weighted by Gasteiger charge is 2.44. The fourth-order valence-corrected chi connectivity index (χ4v) is 4.60. The molecule has 6 rings (SSSR count). The van der Waals surface area contributed by atoms with Crippen LogP contribution in [0.25, 0.3) is 21.7 Å². The molecule has 0 bridgehead atoms. The van der Waals surface area contributed by atoms with E-state index in [1.165, 1.54) is 12.1 Å². The molecule has 0 unspecified atom stereocenters. The van der Waals surface area contributed by atoms with Gasteiger partial charge in [-0.15, -0.1) is 0 Å². The van der Waals surface area contributed by atoms with Crippen molar-refractivity contribution in [3.63, 3.8) is 0 Å². The number of rotatable bonds is 3. The predicted molar refractivity (Wildman–Crippen MR) is 123 cm³/mol. The zero-order valence-electron chi connectivity index (χ0n) is 17.3. The number of benzene rings is 4. The summed E-state index contributed by atoms with van der Waals surface area (Å²) in [6, 6.07) is 26.1. The van der Waals surface area contributed by atoms with Crippen molar-refractivity contribution in [3.8, 4) is 5.75 Å². The van der Waals surface area contributed by atoms with E-state index in [0.717, 1.165) is 10.8 Å². The van der Waals surface area contributed by atoms with Crippen LogP contribution in [0.4, 0.5) is 4.39 Å². The minimum absolute atomic E-state index is 0.255. The molecule has 0 fully saturated rings. The highest BCUT2D eigenvalue weighted by molar-refractivity contribution is 6.04. The summed E-state index contributed by atoms with van der Waals surface area (Å²) >= 11 is 0. The summed E-state index contributed by atoms with van der Waals surface area (Å²) in [4.78, 5) is 26.7. The van der Waals surface area contributed by atoms with Crippen molar-refractivity contribution >= 4 is 27.5 Å². The van der Waals surface area contributed by atoms with Crippen molar-refractivity contribution in [1.29, 1.82) is 0 Å². The number of ketones is 1. The molecule has 0 saturated heterocycles. The molecule has 0 N–H and O–H groups in total. The molecular weight excluding hydrogens is 419 g/mol. The Morgan fingerprint density at radius 1 is 0.818 bits per heavy atom. The van der Waals surface area contributed by atoms with Gasteiger partial charge in [0.1, 0.15) is 17.1 Å². The maximum absolute atomic E-state index is 13.7. The normalized spacial score (nSPS) is 17.1. The van der Waals surface area contributed by atoms with E-state index in [-0.39, 0.29) is 11.3 Å². The number of ether oxygens (including phenoxy) is 1. The first-order valence-electron chi connectivity index (χ1n) is 10.6. The molecular formula is C28H17FO4. The Kier molecular flexibility index (Phi) is 4.37. The third-order valence-electron chi connectivity index (χ3n) is 6.18. The monoisotopic (exact) mass is 436 g/mol. The molecule has 33 heavy (non-hydrogen) atoms. The van der Waals surface area contributed by atoms with Crippen LogP contribution in [0.15, 0.2) is 100 Å². The van der Waals surface area contributed by atoms with Crippen molar-refractivity contribution in [2.45, 2.75) is 12.0 Å². The van der Waals surface area contributed by atoms with Gasteiger partial charge in [-0.3, -0.25) is 4.79 Å². The lowest BCUT2D eigenvalue weighted by molar-refractivity contribution is 0.0808. The molecule has 1 aliphatic rings. The molecule has 1 aromatic heterocycles. The summed E-state index contributed by atoms with van der Waals surface area (Å²) in [5.74, 6) is -1.04. The molecule has 0 radical (unpaired) electrons. The van der Waals surface area contributed by atoms with Crippen molar-refractivity contribution in [2.24, 2.45) is 0 Å². The Bertz CT molecular complexity index is 1600. The Morgan fingerprint density at radius 2 is 1.55 bits per heavy atom. The average Bonchev–Trinajstić information content (AvgIpc) is 3.25. The van der Waals surface area contributed by atoms with Crippen LogP contribution in [0, 0.1) is 5.82 Å². The van der Waals surface area contributed by atoms with Crippen LogP contribution >= 0.6 is 0 Å². The molecule has 160 valence electrons. The quantitative estimate of drug-likeness (QED) is 0.263. The molecule has 0 saturated carbocycles. The lowest BCUT2D eigenvalue weighted by atomic mass is 9.85. The number of fused-ring (bicyclic) bond motifs is 4. The molecule has 4 nitrogen and oxygen atoms in total. The van der Waals surface area contributed by atoms with Gasteiger partial charge in [0.15, 0.2) is 6.10 Å². The molecule has 0 spiro atoms. The predicted octanol–water partition coefficient (Wildman–Crippen LogP) is 5.86. The summed E-state index contributed by atoms with van der Waals surface area (Å²) in [7, 11) is 0. The molecule has 0 amide bonds. The smallest absolute Gasteiger partial charge is 0.344 e. The van der Waals surface area contributed by atoms with E-state index < -0.39 is 23.5 Å². The van der Waals surface area contributed by atoms with Crippen LogP contribution in [-0.2, 0) is 0 Å². The van der Waals surface area contributed by atoms with Crippen LogP contribution in [0.2, 0.25) is 0 Å². The van der Waals surface area contributed by atoms with E-state index in [9.17, 15) is 14.0 Å². The first-order valence-corrected chi connectivity index (χ1v) is 10.6. The fourth-order valence-electron chi connectivity index (χ4n) is 4.60. The van der Waals surface area contributed by atoms with E-state index in [0.29, 0.717) is 27.8 Å². The maximum atomic E-state index is 13.7. The largest absolute Gasteiger partial charge is 0.480 e. The lowest BCUT2D eigenvalue weighted by Gasteiger charge is -2.18. The number of carbonyl (C=O) groups is 1. The van der Waals surface area contributed by atoms with E-state index in [1.54, 1.807) is 36.4 Å². The highest BCUT2D eigenvalue weighted by atomic mass is 19.1. The fraction of sp³-hybridized carbons (Fsp3) is 0.0714. The standard InChI is InChI=1S/C28H17FO4/c29-20-13-11-17(12-14-20)23-24-26(21-7-3-4-8-22(21)32-28(24)31)33-27(23)25(30)19-10-9-16-5-1-2-6-18(16)15-19/h1-15,23,27H/t23-,27-/m0/s1. The van der Waals surface area contributed by atoms with Crippen LogP contribution in [0.1, 0.15) is 27.4 Å². The number of para-hydroxylation sites is 1. The third-order valence-corrected chi connectivity index (χ3v) is 6.18. The highest BCUT2D eigenvalue weighted by Crippen LogP contribution is 2.45. The zero-order valence-corrected chi connectivity index (χ0v) is 17.3. The maximum Gasteiger partial charge on any atom is 0.344 e. The van der Waals surface area contributed by atoms with Gasteiger partial charge in [0.2, 0.25) is 5.78 Å². The Morgan fingerprint density at radius 3 is 2.36 bits per heavy atom. The van der Waals surface area contributed by atoms with Gasteiger partial charge in [0.25, 0.3) is 0 Å². The number of carbonyl (C=O) groups excluding carboxylic acids is 1. The second kappa shape index (κ2) is 7.41. The molecule has 2 atom stereocenters. The van der Waals surface area contributed by atoms with Gasteiger partial charge in [-0.25, -0.2) is 9.18 Å². The molecule has 2 heterocycles. The van der Waals surface area contributed by atoms with Crippen molar-refractivity contribution in [2.75, 3.05) is 0 Å². The Labute approximate surface area is 187 Å². The van der Waals surface area contributed by atoms with Gasteiger partial charge < -0.3 is 9.15 Å². The summed E-state index contributed by atoms with van der Waals surface area (Å²) < 4.78 is 25.4. The Hall–Kier alpha value is -4.25. The lowest BCUT2D eigenvalue weighted by Crippen LogP contribution is -2.31. The van der Waals surface area contributed by atoms with Crippen LogP contribution < -0.4 is 10.4 Å². The van der Waals surface area contributed by atoms with Crippen LogP contribution in [0.5, 0.6) is 5.75 Å². The van der Waals surface area contributed by atoms with Crippen molar-refractivity contribution in [1.82, 2.24) is 0 Å². The number of Topliss-reactive ketones (excluding diaryl/α,β-unsaturated/α-hetero) is 1. The van der Waals surface area contributed by atoms with Gasteiger partial charge in [0.05, 0.1) is 16.9 Å². The summed E-state index contributed by atoms with van der Waals surface area (Å²) in [6.07, 6.45) is -0.986. The minimum Gasteiger partial charge on any atom is -0.480 e. The molecule has 0 aliphatic carbocycles. The second-order valence-electron chi connectivity index (χ2n) is 8.12. The summed E-state index contributed by atoms with van der Waals surface area (Å²) in [5, 5.41) is 2.57. The van der Waals surface area contributed by atoms with Crippen molar-refractivity contribution < 1.29 is 18.3 Å². The first kappa shape index (κ1) is 19.4. The average molecular weight is 436 g/mol. The van der Waals surface area contributed by atoms with E-state index in [1.807, 2.05) is 42.5 Å². The van der Waals surface area contributed by atoms with E-state index >= 15 is 0 Å². The summed E-state index contributed by atoms with van der Waals surface area (Å²) in [6.45, 7) is 0. The molecule has 5 aromatic rings. The van der Waals surface area contributed by atoms with E-state index in [2.05, 4.69) is 0 Å².